The molecule has 2 aliphatic rings. The Morgan fingerprint density at radius 3 is 2.65 bits per heavy atom. The van der Waals surface area contributed by atoms with E-state index in [4.69, 9.17) is 18.9 Å². The maximum Gasteiger partial charge on any atom is 0.260 e. The molecule has 0 saturated carbocycles. The van der Waals surface area contributed by atoms with Gasteiger partial charge in [-0.15, -0.1) is 0 Å². The monoisotopic (exact) mass is 429 g/mol. The molecule has 1 atom stereocenters. The molecule has 0 N–H and O–H groups in total. The number of benzene rings is 2. The van der Waals surface area contributed by atoms with Crippen molar-refractivity contribution in [2.75, 3.05) is 40.0 Å². The Hall–Kier alpha value is -2.64. The molecule has 2 aromatic rings. The number of hydrogen-bond acceptors (Lipinski definition) is 5. The van der Waals surface area contributed by atoms with Crippen LogP contribution < -0.4 is 9.47 Å². The number of hydrogen-bond donors (Lipinski definition) is 0. The number of halogens is 1. The Balaban J connectivity index is 1.13. The van der Waals surface area contributed by atoms with Gasteiger partial charge in [0, 0.05) is 12.2 Å². The first-order valence-electron chi connectivity index (χ1n) is 10.6. The van der Waals surface area contributed by atoms with E-state index < -0.39 is 0 Å². The summed E-state index contributed by atoms with van der Waals surface area (Å²) in [6.07, 6.45) is 1.78. The van der Waals surface area contributed by atoms with Gasteiger partial charge in [-0.05, 0) is 49.1 Å². The van der Waals surface area contributed by atoms with Crippen LogP contribution in [0, 0.1) is 11.7 Å². The van der Waals surface area contributed by atoms with Crippen molar-refractivity contribution < 1.29 is 28.1 Å². The number of methoxy groups -OCH3 is 1. The van der Waals surface area contributed by atoms with Gasteiger partial charge in [0.2, 0.25) is 0 Å². The van der Waals surface area contributed by atoms with Gasteiger partial charge in [0.25, 0.3) is 5.91 Å². The molecule has 0 aliphatic carbocycles. The van der Waals surface area contributed by atoms with Crippen molar-refractivity contribution in [2.24, 2.45) is 5.92 Å². The second kappa shape index (κ2) is 9.66. The van der Waals surface area contributed by atoms with Crippen LogP contribution in [0.3, 0.4) is 0 Å². The first-order chi connectivity index (χ1) is 15.1. The highest BCUT2D eigenvalue weighted by atomic mass is 19.1. The molecule has 1 spiro atoms. The van der Waals surface area contributed by atoms with Gasteiger partial charge in [0.05, 0.1) is 33.4 Å². The summed E-state index contributed by atoms with van der Waals surface area (Å²) in [7, 11) is 1.60. The molecule has 1 unspecified atom stereocenters. The minimum absolute atomic E-state index is 0.00965. The molecule has 2 saturated heterocycles. The van der Waals surface area contributed by atoms with Gasteiger partial charge in [0.1, 0.15) is 22.9 Å². The van der Waals surface area contributed by atoms with Crippen molar-refractivity contribution in [3.05, 3.63) is 59.9 Å². The van der Waals surface area contributed by atoms with Crippen molar-refractivity contribution in [3.8, 4) is 11.5 Å². The van der Waals surface area contributed by atoms with Gasteiger partial charge in [-0.3, -0.25) is 4.79 Å². The lowest BCUT2D eigenvalue weighted by Crippen LogP contribution is -2.64. The quantitative estimate of drug-likeness (QED) is 0.572. The third-order valence-electron chi connectivity index (χ3n) is 5.90. The number of nitrogens with zero attached hydrogens (tertiary/aromatic N) is 1. The van der Waals surface area contributed by atoms with Crippen molar-refractivity contribution >= 4 is 5.91 Å². The Morgan fingerprint density at radius 2 is 1.90 bits per heavy atom. The van der Waals surface area contributed by atoms with E-state index >= 15 is 0 Å². The van der Waals surface area contributed by atoms with Gasteiger partial charge < -0.3 is 23.8 Å². The zero-order chi connectivity index (χ0) is 21.7. The van der Waals surface area contributed by atoms with Crippen molar-refractivity contribution in [3.63, 3.8) is 0 Å². The van der Waals surface area contributed by atoms with Crippen LogP contribution in [-0.2, 0) is 20.9 Å². The summed E-state index contributed by atoms with van der Waals surface area (Å²) < 4.78 is 36.0. The lowest BCUT2D eigenvalue weighted by molar-refractivity contribution is -0.159. The highest BCUT2D eigenvalue weighted by Crippen LogP contribution is 2.39. The molecule has 2 aliphatic heterocycles. The van der Waals surface area contributed by atoms with E-state index in [0.29, 0.717) is 43.5 Å². The molecule has 31 heavy (non-hydrogen) atoms. The molecule has 2 aromatic carbocycles. The van der Waals surface area contributed by atoms with E-state index in [1.54, 1.807) is 48.4 Å². The first kappa shape index (κ1) is 21.6. The van der Waals surface area contributed by atoms with Crippen LogP contribution in [0.15, 0.2) is 48.5 Å². The first-order valence-corrected chi connectivity index (χ1v) is 10.6. The zero-order valence-corrected chi connectivity index (χ0v) is 17.7. The molecule has 1 amide bonds. The van der Waals surface area contributed by atoms with Crippen molar-refractivity contribution in [1.29, 1.82) is 0 Å². The molecule has 0 radical (unpaired) electrons. The molecule has 0 aromatic heterocycles. The van der Waals surface area contributed by atoms with Crippen molar-refractivity contribution in [2.45, 2.75) is 25.0 Å². The zero-order valence-electron chi connectivity index (χ0n) is 17.7. The summed E-state index contributed by atoms with van der Waals surface area (Å²) in [5.41, 5.74) is 0.345. The van der Waals surface area contributed by atoms with E-state index in [-0.39, 0.29) is 30.5 Å². The molecule has 166 valence electrons. The summed E-state index contributed by atoms with van der Waals surface area (Å²) in [5, 5.41) is 0. The maximum absolute atomic E-state index is 13.6. The fraction of sp³-hybridized carbons (Fsp3) is 0.458. The summed E-state index contributed by atoms with van der Waals surface area (Å²) in [5.74, 6) is 1.50. The Kier molecular flexibility index (Phi) is 6.73. The number of amides is 1. The minimum atomic E-state index is -0.235. The fourth-order valence-electron chi connectivity index (χ4n) is 4.13. The fourth-order valence-corrected chi connectivity index (χ4v) is 4.13. The summed E-state index contributed by atoms with van der Waals surface area (Å²) in [6.45, 7) is 2.73. The average molecular weight is 429 g/mol. The molecule has 7 heteroatoms. The number of carbonyl (C=O) groups is 1. The Labute approximate surface area is 181 Å². The van der Waals surface area contributed by atoms with Gasteiger partial charge in [0.15, 0.2) is 6.61 Å². The topological polar surface area (TPSA) is 57.2 Å². The maximum atomic E-state index is 13.6. The average Bonchev–Trinajstić information content (AvgIpc) is 3.20. The van der Waals surface area contributed by atoms with Crippen LogP contribution in [0.2, 0.25) is 0 Å². The summed E-state index contributed by atoms with van der Waals surface area (Å²) >= 11 is 0. The van der Waals surface area contributed by atoms with Crippen LogP contribution >= 0.6 is 0 Å². The number of likely N-dealkylation sites (tertiary alicyclic amines) is 1. The van der Waals surface area contributed by atoms with Crippen molar-refractivity contribution in [1.82, 2.24) is 4.90 Å². The number of ether oxygens (including phenoxy) is 4. The van der Waals surface area contributed by atoms with Crippen LogP contribution in [0.25, 0.3) is 0 Å². The molecular weight excluding hydrogens is 401 g/mol. The molecule has 2 fully saturated rings. The molecule has 6 nitrogen and oxygen atoms in total. The largest absolute Gasteiger partial charge is 0.497 e. The van der Waals surface area contributed by atoms with E-state index in [9.17, 15) is 9.18 Å². The number of carbonyl (C=O) groups excluding carboxylic acids is 1. The van der Waals surface area contributed by atoms with Gasteiger partial charge in [-0.2, -0.15) is 0 Å². The van der Waals surface area contributed by atoms with Gasteiger partial charge in [-0.1, -0.05) is 18.2 Å². The summed E-state index contributed by atoms with van der Waals surface area (Å²) in [4.78, 5) is 14.2. The van der Waals surface area contributed by atoms with Gasteiger partial charge >= 0.3 is 0 Å². The predicted octanol–water partition coefficient (Wildman–Crippen LogP) is 3.44. The normalized spacial score (nSPS) is 19.3. The predicted molar refractivity (Wildman–Crippen MR) is 113 cm³/mol. The van der Waals surface area contributed by atoms with Crippen LogP contribution in [0.5, 0.6) is 11.5 Å². The minimum Gasteiger partial charge on any atom is -0.497 e. The van der Waals surface area contributed by atoms with Crippen LogP contribution in [0.1, 0.15) is 18.4 Å². The third kappa shape index (κ3) is 5.35. The smallest absolute Gasteiger partial charge is 0.260 e. The lowest BCUT2D eigenvalue weighted by atomic mass is 9.86. The van der Waals surface area contributed by atoms with E-state index in [1.165, 1.54) is 6.07 Å². The van der Waals surface area contributed by atoms with E-state index in [0.717, 1.165) is 18.6 Å². The lowest BCUT2D eigenvalue weighted by Gasteiger charge is -2.47. The molecular formula is C24H28FNO5. The summed E-state index contributed by atoms with van der Waals surface area (Å²) in [6, 6.07) is 13.8. The van der Waals surface area contributed by atoms with Crippen LogP contribution in [0.4, 0.5) is 4.39 Å². The molecule has 0 bridgehead atoms. The highest BCUT2D eigenvalue weighted by molar-refractivity contribution is 5.79. The second-order valence-electron chi connectivity index (χ2n) is 8.21. The molecule has 4 rings (SSSR count). The van der Waals surface area contributed by atoms with Gasteiger partial charge in [-0.25, -0.2) is 4.39 Å². The van der Waals surface area contributed by atoms with E-state index in [2.05, 4.69) is 0 Å². The standard InChI is InChI=1S/C24H28FNO5/c1-28-20-6-8-21(9-7-20)30-15-23(27)26-16-24(17-26)12-18(13-31-24)10-11-29-14-19-4-2-3-5-22(19)25/h2-9,18H,10-17H2,1H3. The Bertz CT molecular complexity index is 882. The second-order valence-corrected chi connectivity index (χ2v) is 8.21. The van der Waals surface area contributed by atoms with E-state index in [1.807, 2.05) is 6.07 Å². The SMILES string of the molecule is COc1ccc(OCC(=O)N2CC3(CC(CCOCc4ccccc4F)CO3)C2)cc1. The Morgan fingerprint density at radius 1 is 1.16 bits per heavy atom. The highest BCUT2D eigenvalue weighted by Gasteiger charge is 2.50. The van der Waals surface area contributed by atoms with Crippen LogP contribution in [-0.4, -0.2) is 56.4 Å². The molecule has 2 heterocycles. The third-order valence-corrected chi connectivity index (χ3v) is 5.90. The number of rotatable bonds is 9.